The molecule has 2 amide bonds. The zero-order valence-electron chi connectivity index (χ0n) is 14.2. The molecule has 8 nitrogen and oxygen atoms in total. The molecule has 0 bridgehead atoms. The Balaban J connectivity index is 1.73. The fourth-order valence-electron chi connectivity index (χ4n) is 2.83. The average Bonchev–Trinajstić information content (AvgIpc) is 3.09. The molecule has 0 saturated heterocycles. The summed E-state index contributed by atoms with van der Waals surface area (Å²) in [6.45, 7) is 2.17. The predicted molar refractivity (Wildman–Crippen MR) is 95.6 cm³/mol. The molecular formula is C18H19N5O3. The van der Waals surface area contributed by atoms with Crippen molar-refractivity contribution < 1.29 is 14.7 Å². The van der Waals surface area contributed by atoms with Crippen molar-refractivity contribution in [2.24, 2.45) is 0 Å². The molecule has 0 radical (unpaired) electrons. The van der Waals surface area contributed by atoms with Crippen molar-refractivity contribution in [1.82, 2.24) is 25.8 Å². The van der Waals surface area contributed by atoms with Gasteiger partial charge in [-0.05, 0) is 36.2 Å². The third-order valence-corrected chi connectivity index (χ3v) is 4.03. The summed E-state index contributed by atoms with van der Waals surface area (Å²) < 4.78 is 0. The van der Waals surface area contributed by atoms with E-state index in [4.69, 9.17) is 5.11 Å². The van der Waals surface area contributed by atoms with Crippen molar-refractivity contribution in [3.05, 3.63) is 59.5 Å². The number of aromatic nitrogens is 3. The number of amides is 2. The van der Waals surface area contributed by atoms with Gasteiger partial charge in [-0.15, -0.1) is 0 Å². The maximum absolute atomic E-state index is 12.5. The minimum atomic E-state index is -1.25. The van der Waals surface area contributed by atoms with E-state index >= 15 is 0 Å². The third-order valence-electron chi connectivity index (χ3n) is 4.03. The van der Waals surface area contributed by atoms with Crippen LogP contribution in [0.5, 0.6) is 0 Å². The van der Waals surface area contributed by atoms with Crippen LogP contribution < -0.4 is 10.6 Å². The number of nitrogens with one attached hydrogen (secondary N) is 3. The van der Waals surface area contributed by atoms with E-state index in [1.165, 1.54) is 0 Å². The van der Waals surface area contributed by atoms with Crippen LogP contribution in [0.1, 0.15) is 16.8 Å². The van der Waals surface area contributed by atoms with Crippen molar-refractivity contribution in [2.75, 3.05) is 0 Å². The standard InChI is InChI=1S/C18H19N5O3/c1-11-6-12(7-13-9-21-23-16(11)13)8-15(22-18(25)26)17(24)20-10-14-4-2-3-5-19-14/h2-7,9,15,22H,8,10H2,1H3,(H,20,24)(H,21,23)(H,25,26). The number of nitrogens with zero attached hydrogens (tertiary/aromatic N) is 2. The van der Waals surface area contributed by atoms with E-state index in [1.807, 2.05) is 25.1 Å². The Hall–Kier alpha value is -3.42. The Bertz CT molecular complexity index is 923. The van der Waals surface area contributed by atoms with Crippen LogP contribution in [0.2, 0.25) is 0 Å². The molecule has 8 heteroatoms. The van der Waals surface area contributed by atoms with Crippen LogP contribution in [-0.4, -0.2) is 38.3 Å². The highest BCUT2D eigenvalue weighted by atomic mass is 16.4. The number of H-pyrrole nitrogens is 1. The molecule has 1 atom stereocenters. The number of hydrogen-bond donors (Lipinski definition) is 4. The summed E-state index contributed by atoms with van der Waals surface area (Å²) in [4.78, 5) is 27.7. The summed E-state index contributed by atoms with van der Waals surface area (Å²) >= 11 is 0. The lowest BCUT2D eigenvalue weighted by Gasteiger charge is -2.17. The molecule has 0 aliphatic rings. The van der Waals surface area contributed by atoms with Crippen molar-refractivity contribution in [2.45, 2.75) is 25.9 Å². The summed E-state index contributed by atoms with van der Waals surface area (Å²) in [5, 5.41) is 21.9. The van der Waals surface area contributed by atoms with E-state index in [2.05, 4.69) is 25.8 Å². The molecular weight excluding hydrogens is 334 g/mol. The molecule has 26 heavy (non-hydrogen) atoms. The van der Waals surface area contributed by atoms with Crippen molar-refractivity contribution in [3.63, 3.8) is 0 Å². The van der Waals surface area contributed by atoms with Crippen LogP contribution in [0.3, 0.4) is 0 Å². The highest BCUT2D eigenvalue weighted by Crippen LogP contribution is 2.19. The Morgan fingerprint density at radius 1 is 1.31 bits per heavy atom. The first-order chi connectivity index (χ1) is 12.5. The second-order valence-corrected chi connectivity index (χ2v) is 5.99. The largest absolute Gasteiger partial charge is 0.465 e. The van der Waals surface area contributed by atoms with E-state index in [0.717, 1.165) is 22.0 Å². The van der Waals surface area contributed by atoms with Gasteiger partial charge in [-0.3, -0.25) is 14.9 Å². The predicted octanol–water partition coefficient (Wildman–Crippen LogP) is 1.76. The van der Waals surface area contributed by atoms with Crippen LogP contribution in [0.15, 0.2) is 42.7 Å². The quantitative estimate of drug-likeness (QED) is 0.538. The summed E-state index contributed by atoms with van der Waals surface area (Å²) in [5.74, 6) is -0.400. The highest BCUT2D eigenvalue weighted by molar-refractivity contribution is 5.86. The number of aromatic amines is 1. The fourth-order valence-corrected chi connectivity index (χ4v) is 2.83. The summed E-state index contributed by atoms with van der Waals surface area (Å²) in [6, 6.07) is 8.31. The lowest BCUT2D eigenvalue weighted by atomic mass is 10.0. The first kappa shape index (κ1) is 17.4. The molecule has 0 saturated carbocycles. The summed E-state index contributed by atoms with van der Waals surface area (Å²) in [7, 11) is 0. The molecule has 0 spiro atoms. The minimum absolute atomic E-state index is 0.233. The van der Waals surface area contributed by atoms with Gasteiger partial charge in [0.25, 0.3) is 0 Å². The molecule has 1 unspecified atom stereocenters. The summed E-state index contributed by atoms with van der Waals surface area (Å²) in [5.41, 5.74) is 3.46. The monoisotopic (exact) mass is 353 g/mol. The van der Waals surface area contributed by atoms with Crippen molar-refractivity contribution >= 4 is 22.9 Å². The number of fused-ring (bicyclic) bond motifs is 1. The number of carbonyl (C=O) groups excluding carboxylic acids is 1. The lowest BCUT2D eigenvalue weighted by molar-refractivity contribution is -0.123. The van der Waals surface area contributed by atoms with Gasteiger partial charge in [0.1, 0.15) is 6.04 Å². The number of aryl methyl sites for hydroxylation is 1. The van der Waals surface area contributed by atoms with E-state index in [1.54, 1.807) is 24.5 Å². The number of pyridine rings is 1. The number of carbonyl (C=O) groups is 2. The van der Waals surface area contributed by atoms with Gasteiger partial charge >= 0.3 is 6.09 Å². The van der Waals surface area contributed by atoms with Gasteiger partial charge in [0.2, 0.25) is 5.91 Å². The molecule has 3 rings (SSSR count). The Morgan fingerprint density at radius 2 is 2.15 bits per heavy atom. The normalized spacial score (nSPS) is 11.9. The lowest BCUT2D eigenvalue weighted by Crippen LogP contribution is -2.47. The van der Waals surface area contributed by atoms with Crippen LogP contribution >= 0.6 is 0 Å². The van der Waals surface area contributed by atoms with E-state index < -0.39 is 18.0 Å². The van der Waals surface area contributed by atoms with Gasteiger partial charge in [0.15, 0.2) is 0 Å². The Kier molecular flexibility index (Phi) is 5.12. The van der Waals surface area contributed by atoms with Gasteiger partial charge in [0.05, 0.1) is 24.0 Å². The number of carboxylic acid groups (broad SMARTS) is 1. The summed E-state index contributed by atoms with van der Waals surface area (Å²) in [6.07, 6.45) is 2.33. The topological polar surface area (TPSA) is 120 Å². The van der Waals surface area contributed by atoms with E-state index in [9.17, 15) is 9.59 Å². The third kappa shape index (κ3) is 4.15. The van der Waals surface area contributed by atoms with E-state index in [-0.39, 0.29) is 13.0 Å². The minimum Gasteiger partial charge on any atom is -0.465 e. The molecule has 134 valence electrons. The van der Waals surface area contributed by atoms with Crippen molar-refractivity contribution in [1.29, 1.82) is 0 Å². The number of rotatable bonds is 6. The van der Waals surface area contributed by atoms with Crippen LogP contribution in [-0.2, 0) is 17.8 Å². The van der Waals surface area contributed by atoms with Crippen molar-refractivity contribution in [3.8, 4) is 0 Å². The second kappa shape index (κ2) is 7.64. The average molecular weight is 353 g/mol. The SMILES string of the molecule is Cc1cc(CC(NC(=O)O)C(=O)NCc2ccccn2)cc2cn[nH]c12. The van der Waals surface area contributed by atoms with Crippen LogP contribution in [0.25, 0.3) is 10.9 Å². The van der Waals surface area contributed by atoms with Crippen LogP contribution in [0.4, 0.5) is 4.79 Å². The molecule has 0 fully saturated rings. The maximum Gasteiger partial charge on any atom is 0.405 e. The number of benzene rings is 1. The van der Waals surface area contributed by atoms with Gasteiger partial charge < -0.3 is 15.7 Å². The second-order valence-electron chi connectivity index (χ2n) is 5.99. The van der Waals surface area contributed by atoms with Gasteiger partial charge in [-0.1, -0.05) is 12.1 Å². The van der Waals surface area contributed by atoms with Gasteiger partial charge in [0, 0.05) is 18.0 Å². The molecule has 0 aliphatic carbocycles. The zero-order valence-corrected chi connectivity index (χ0v) is 14.2. The van der Waals surface area contributed by atoms with Gasteiger partial charge in [-0.25, -0.2) is 4.79 Å². The first-order valence-corrected chi connectivity index (χ1v) is 8.12. The first-order valence-electron chi connectivity index (χ1n) is 8.12. The molecule has 0 aliphatic heterocycles. The Labute approximate surface area is 149 Å². The molecule has 1 aromatic carbocycles. The highest BCUT2D eigenvalue weighted by Gasteiger charge is 2.21. The zero-order chi connectivity index (χ0) is 18.5. The molecule has 3 aromatic rings. The maximum atomic E-state index is 12.5. The van der Waals surface area contributed by atoms with E-state index in [0.29, 0.717) is 5.69 Å². The van der Waals surface area contributed by atoms with Gasteiger partial charge in [-0.2, -0.15) is 5.10 Å². The fraction of sp³-hybridized carbons (Fsp3) is 0.222. The molecule has 2 heterocycles. The molecule has 4 N–H and O–H groups in total. The molecule has 2 aromatic heterocycles. The van der Waals surface area contributed by atoms with Crippen LogP contribution in [0, 0.1) is 6.92 Å². The number of hydrogen-bond acceptors (Lipinski definition) is 4. The Morgan fingerprint density at radius 3 is 2.88 bits per heavy atom. The smallest absolute Gasteiger partial charge is 0.405 e.